The molecule has 0 bridgehead atoms. The number of aryl methyl sites for hydroxylation is 1. The number of nitrogens with zero attached hydrogens (tertiary/aromatic N) is 2. The molecule has 1 heterocycles. The van der Waals surface area contributed by atoms with E-state index in [0.717, 1.165) is 19.3 Å². The molecule has 0 unspecified atom stereocenters. The lowest BCUT2D eigenvalue weighted by Gasteiger charge is -2.34. The van der Waals surface area contributed by atoms with E-state index in [4.69, 9.17) is 0 Å². The maximum atomic E-state index is 12.1. The first-order chi connectivity index (χ1) is 12.6. The monoisotopic (exact) mass is 359 g/mol. The van der Waals surface area contributed by atoms with Gasteiger partial charge >= 0.3 is 0 Å². The van der Waals surface area contributed by atoms with Crippen molar-refractivity contribution in [2.45, 2.75) is 39.0 Å². The first-order valence-electron chi connectivity index (χ1n) is 9.40. The first-order valence-corrected chi connectivity index (χ1v) is 9.40. The van der Waals surface area contributed by atoms with Crippen molar-refractivity contribution in [1.29, 1.82) is 0 Å². The van der Waals surface area contributed by atoms with E-state index in [1.807, 2.05) is 18.2 Å². The third kappa shape index (κ3) is 6.86. The molecule has 1 saturated heterocycles. The summed E-state index contributed by atoms with van der Waals surface area (Å²) in [7, 11) is 0. The van der Waals surface area contributed by atoms with Crippen LogP contribution in [0.4, 0.5) is 0 Å². The number of carbonyl (C=O) groups is 3. The van der Waals surface area contributed by atoms with Crippen LogP contribution >= 0.6 is 0 Å². The fraction of sp³-hybridized carbons (Fsp3) is 0.550. The van der Waals surface area contributed by atoms with Gasteiger partial charge in [0.25, 0.3) is 0 Å². The van der Waals surface area contributed by atoms with Crippen molar-refractivity contribution in [3.8, 4) is 0 Å². The Labute approximate surface area is 155 Å². The molecule has 0 aliphatic carbocycles. The number of benzene rings is 1. The number of nitrogens with one attached hydrogen (secondary N) is 1. The number of amides is 3. The molecule has 0 radical (unpaired) electrons. The average Bonchev–Trinajstić information content (AvgIpc) is 2.66. The molecule has 1 aliphatic heterocycles. The van der Waals surface area contributed by atoms with E-state index in [-0.39, 0.29) is 17.7 Å². The number of hydrogen-bond acceptors (Lipinski definition) is 3. The molecular weight excluding hydrogens is 330 g/mol. The summed E-state index contributed by atoms with van der Waals surface area (Å²) < 4.78 is 0. The predicted octanol–water partition coefficient (Wildman–Crippen LogP) is 1.60. The van der Waals surface area contributed by atoms with Crippen LogP contribution in [0.5, 0.6) is 0 Å². The fourth-order valence-electron chi connectivity index (χ4n) is 3.09. The maximum absolute atomic E-state index is 12.1. The van der Waals surface area contributed by atoms with Gasteiger partial charge in [-0.1, -0.05) is 30.3 Å². The molecule has 1 aromatic rings. The van der Waals surface area contributed by atoms with Gasteiger partial charge in [0.05, 0.1) is 0 Å². The van der Waals surface area contributed by atoms with Crippen LogP contribution in [0, 0.1) is 0 Å². The molecule has 1 N–H and O–H groups in total. The molecule has 1 aliphatic rings. The van der Waals surface area contributed by atoms with Crippen LogP contribution in [0.1, 0.15) is 38.2 Å². The van der Waals surface area contributed by atoms with Crippen molar-refractivity contribution in [2.24, 2.45) is 0 Å². The van der Waals surface area contributed by atoms with Gasteiger partial charge < -0.3 is 15.1 Å². The summed E-state index contributed by atoms with van der Waals surface area (Å²) in [4.78, 5) is 38.8. The van der Waals surface area contributed by atoms with Crippen molar-refractivity contribution in [3.05, 3.63) is 35.9 Å². The second-order valence-corrected chi connectivity index (χ2v) is 6.68. The Morgan fingerprint density at radius 1 is 0.923 bits per heavy atom. The van der Waals surface area contributed by atoms with E-state index in [0.29, 0.717) is 45.6 Å². The predicted molar refractivity (Wildman–Crippen MR) is 100 cm³/mol. The Hall–Kier alpha value is -2.37. The molecule has 142 valence electrons. The minimum Gasteiger partial charge on any atom is -0.356 e. The summed E-state index contributed by atoms with van der Waals surface area (Å²) in [6.45, 7) is 4.26. The second kappa shape index (κ2) is 10.6. The van der Waals surface area contributed by atoms with Crippen LogP contribution < -0.4 is 5.32 Å². The number of unbranched alkanes of at least 4 members (excludes halogenated alkanes) is 1. The molecule has 1 fully saturated rings. The molecule has 3 amide bonds. The maximum Gasteiger partial charge on any atom is 0.224 e. The zero-order chi connectivity index (χ0) is 18.8. The Kier molecular flexibility index (Phi) is 8.12. The Morgan fingerprint density at radius 2 is 1.58 bits per heavy atom. The summed E-state index contributed by atoms with van der Waals surface area (Å²) in [6.07, 6.45) is 3.63. The normalized spacial score (nSPS) is 14.2. The summed E-state index contributed by atoms with van der Waals surface area (Å²) >= 11 is 0. The van der Waals surface area contributed by atoms with Crippen LogP contribution in [0.2, 0.25) is 0 Å². The Bertz CT molecular complexity index is 596. The van der Waals surface area contributed by atoms with Gasteiger partial charge in [-0.25, -0.2) is 0 Å². The van der Waals surface area contributed by atoms with Crippen molar-refractivity contribution in [1.82, 2.24) is 15.1 Å². The highest BCUT2D eigenvalue weighted by Gasteiger charge is 2.21. The van der Waals surface area contributed by atoms with Crippen LogP contribution in [-0.4, -0.2) is 60.2 Å². The van der Waals surface area contributed by atoms with E-state index < -0.39 is 0 Å². The van der Waals surface area contributed by atoms with Crippen molar-refractivity contribution >= 4 is 17.7 Å². The van der Waals surface area contributed by atoms with E-state index in [1.165, 1.54) is 5.56 Å². The summed E-state index contributed by atoms with van der Waals surface area (Å²) in [5, 5.41) is 2.83. The number of carbonyl (C=O) groups excluding carboxylic acids is 3. The molecule has 1 aromatic carbocycles. The van der Waals surface area contributed by atoms with Gasteiger partial charge in [-0.3, -0.25) is 14.4 Å². The average molecular weight is 359 g/mol. The molecule has 0 aromatic heterocycles. The second-order valence-electron chi connectivity index (χ2n) is 6.68. The van der Waals surface area contributed by atoms with Crippen LogP contribution in [-0.2, 0) is 20.8 Å². The first kappa shape index (κ1) is 19.9. The third-order valence-corrected chi connectivity index (χ3v) is 4.70. The van der Waals surface area contributed by atoms with Gasteiger partial charge in [0.1, 0.15) is 0 Å². The van der Waals surface area contributed by atoms with Crippen LogP contribution in [0.3, 0.4) is 0 Å². The summed E-state index contributed by atoms with van der Waals surface area (Å²) in [5.74, 6) is 0.0986. The molecule has 26 heavy (non-hydrogen) atoms. The van der Waals surface area contributed by atoms with Gasteiger partial charge in [0, 0.05) is 52.5 Å². The van der Waals surface area contributed by atoms with Gasteiger partial charge in [-0.2, -0.15) is 0 Å². The van der Waals surface area contributed by atoms with Crippen molar-refractivity contribution < 1.29 is 14.4 Å². The smallest absolute Gasteiger partial charge is 0.224 e. The molecule has 0 saturated carbocycles. The van der Waals surface area contributed by atoms with E-state index in [1.54, 1.807) is 16.7 Å². The largest absolute Gasteiger partial charge is 0.356 e. The lowest BCUT2D eigenvalue weighted by molar-refractivity contribution is -0.138. The Morgan fingerprint density at radius 3 is 2.23 bits per heavy atom. The zero-order valence-corrected chi connectivity index (χ0v) is 15.6. The zero-order valence-electron chi connectivity index (χ0n) is 15.6. The number of hydrogen-bond donors (Lipinski definition) is 1. The SMILES string of the molecule is CC(=O)N1CCN(C(=O)CCNC(=O)CCCCc2ccccc2)CC1. The Balaban J connectivity index is 1.52. The van der Waals surface area contributed by atoms with Gasteiger partial charge in [-0.15, -0.1) is 0 Å². The lowest BCUT2D eigenvalue weighted by atomic mass is 10.1. The molecule has 0 spiro atoms. The summed E-state index contributed by atoms with van der Waals surface area (Å²) in [6, 6.07) is 10.3. The highest BCUT2D eigenvalue weighted by atomic mass is 16.2. The highest BCUT2D eigenvalue weighted by Crippen LogP contribution is 2.06. The quantitative estimate of drug-likeness (QED) is 0.717. The molecule has 2 rings (SSSR count). The molecule has 6 nitrogen and oxygen atoms in total. The third-order valence-electron chi connectivity index (χ3n) is 4.70. The minimum absolute atomic E-state index is 0.00672. The number of piperazine rings is 1. The molecule has 6 heteroatoms. The summed E-state index contributed by atoms with van der Waals surface area (Å²) in [5.41, 5.74) is 1.29. The van der Waals surface area contributed by atoms with Crippen molar-refractivity contribution in [3.63, 3.8) is 0 Å². The molecule has 0 atom stereocenters. The van der Waals surface area contributed by atoms with Crippen LogP contribution in [0.15, 0.2) is 30.3 Å². The topological polar surface area (TPSA) is 69.7 Å². The fourth-order valence-corrected chi connectivity index (χ4v) is 3.09. The molecular formula is C20H29N3O3. The van der Waals surface area contributed by atoms with E-state index >= 15 is 0 Å². The van der Waals surface area contributed by atoms with Gasteiger partial charge in [0.15, 0.2) is 0 Å². The van der Waals surface area contributed by atoms with E-state index in [2.05, 4.69) is 17.4 Å². The lowest BCUT2D eigenvalue weighted by Crippen LogP contribution is -2.50. The van der Waals surface area contributed by atoms with Gasteiger partial charge in [-0.05, 0) is 24.8 Å². The van der Waals surface area contributed by atoms with Gasteiger partial charge in [0.2, 0.25) is 17.7 Å². The standard InChI is InChI=1S/C20H29N3O3/c1-17(24)22-13-15-23(16-14-22)20(26)11-12-21-19(25)10-6-5-9-18-7-3-2-4-8-18/h2-4,7-8H,5-6,9-16H2,1H3,(H,21,25). The van der Waals surface area contributed by atoms with Crippen molar-refractivity contribution in [2.75, 3.05) is 32.7 Å². The van der Waals surface area contributed by atoms with Crippen LogP contribution in [0.25, 0.3) is 0 Å². The number of rotatable bonds is 8. The minimum atomic E-state index is 0.00672. The highest BCUT2D eigenvalue weighted by molar-refractivity contribution is 5.79. The van der Waals surface area contributed by atoms with E-state index in [9.17, 15) is 14.4 Å².